The third-order valence-corrected chi connectivity index (χ3v) is 7.06. The van der Waals surface area contributed by atoms with Crippen LogP contribution in [0.1, 0.15) is 19.4 Å². The molecule has 2 aromatic rings. The number of nitrogens with zero attached hydrogens (tertiary/aromatic N) is 1. The van der Waals surface area contributed by atoms with E-state index in [-0.39, 0.29) is 28.1 Å². The fourth-order valence-corrected chi connectivity index (χ4v) is 5.05. The second kappa shape index (κ2) is 7.77. The van der Waals surface area contributed by atoms with Crippen LogP contribution in [0, 0.1) is 0 Å². The van der Waals surface area contributed by atoms with E-state index in [1.54, 1.807) is 13.8 Å². The zero-order chi connectivity index (χ0) is 19.5. The normalized spacial score (nSPS) is 12.5. The lowest BCUT2D eigenvalue weighted by molar-refractivity contribution is 0.343. The maximum Gasteiger partial charge on any atom is 0.247 e. The first kappa shape index (κ1) is 20.4. The van der Waals surface area contributed by atoms with Crippen molar-refractivity contribution in [1.82, 2.24) is 4.31 Å². The molecule has 8 heteroatoms. The monoisotopic (exact) mass is 397 g/mol. The molecular formula is C18H23NO5S2. The molecule has 0 radical (unpaired) electrons. The maximum atomic E-state index is 13.3. The van der Waals surface area contributed by atoms with Crippen LogP contribution < -0.4 is 4.74 Å². The van der Waals surface area contributed by atoms with Gasteiger partial charge in [-0.1, -0.05) is 30.3 Å². The molecule has 6 nitrogen and oxygen atoms in total. The molecule has 0 saturated heterocycles. The van der Waals surface area contributed by atoms with E-state index >= 15 is 0 Å². The standard InChI is InChI=1S/C18H23NO5S2/c1-14(2)19(13-15-8-6-5-7-9-15)26(22,23)18-12-16(25(4,20)21)10-11-17(18)24-3/h5-12,14H,13H2,1-4H3. The van der Waals surface area contributed by atoms with Crippen LogP contribution >= 0.6 is 0 Å². The molecule has 142 valence electrons. The summed E-state index contributed by atoms with van der Waals surface area (Å²) in [5.41, 5.74) is 0.836. The quantitative estimate of drug-likeness (QED) is 0.718. The Labute approximate surface area is 155 Å². The van der Waals surface area contributed by atoms with E-state index < -0.39 is 19.9 Å². The summed E-state index contributed by atoms with van der Waals surface area (Å²) in [6, 6.07) is 12.8. The molecule has 0 atom stereocenters. The predicted molar refractivity (Wildman–Crippen MR) is 100 cm³/mol. The van der Waals surface area contributed by atoms with Crippen molar-refractivity contribution in [3.63, 3.8) is 0 Å². The van der Waals surface area contributed by atoms with Crippen molar-refractivity contribution in [3.05, 3.63) is 54.1 Å². The van der Waals surface area contributed by atoms with Gasteiger partial charge in [-0.3, -0.25) is 0 Å². The van der Waals surface area contributed by atoms with Gasteiger partial charge in [0.05, 0.1) is 12.0 Å². The molecule has 0 aliphatic carbocycles. The molecule has 2 aromatic carbocycles. The highest BCUT2D eigenvalue weighted by Crippen LogP contribution is 2.31. The van der Waals surface area contributed by atoms with E-state index in [4.69, 9.17) is 4.74 Å². The first-order valence-electron chi connectivity index (χ1n) is 8.01. The number of sulfone groups is 1. The van der Waals surface area contributed by atoms with E-state index in [0.717, 1.165) is 17.9 Å². The molecule has 0 bridgehead atoms. The molecule has 2 rings (SSSR count). The van der Waals surface area contributed by atoms with Gasteiger partial charge in [0.1, 0.15) is 10.6 Å². The second-order valence-electron chi connectivity index (χ2n) is 6.21. The van der Waals surface area contributed by atoms with Crippen molar-refractivity contribution in [1.29, 1.82) is 0 Å². The minimum Gasteiger partial charge on any atom is -0.495 e. The number of methoxy groups -OCH3 is 1. The Morgan fingerprint density at radius 1 is 1.00 bits per heavy atom. The topological polar surface area (TPSA) is 80.8 Å². The van der Waals surface area contributed by atoms with Crippen LogP contribution in [0.2, 0.25) is 0 Å². The van der Waals surface area contributed by atoms with E-state index in [1.807, 2.05) is 30.3 Å². The van der Waals surface area contributed by atoms with Crippen molar-refractivity contribution in [2.24, 2.45) is 0 Å². The van der Waals surface area contributed by atoms with E-state index in [0.29, 0.717) is 0 Å². The smallest absolute Gasteiger partial charge is 0.247 e. The number of hydrogen-bond acceptors (Lipinski definition) is 5. The highest BCUT2D eigenvalue weighted by molar-refractivity contribution is 7.91. The lowest BCUT2D eigenvalue weighted by atomic mass is 10.2. The summed E-state index contributed by atoms with van der Waals surface area (Å²) in [4.78, 5) is -0.229. The Kier molecular flexibility index (Phi) is 6.10. The molecule has 26 heavy (non-hydrogen) atoms. The summed E-state index contributed by atoms with van der Waals surface area (Å²) >= 11 is 0. The minimum atomic E-state index is -3.98. The Morgan fingerprint density at radius 3 is 2.12 bits per heavy atom. The van der Waals surface area contributed by atoms with E-state index in [9.17, 15) is 16.8 Å². The number of hydrogen-bond donors (Lipinski definition) is 0. The molecular weight excluding hydrogens is 374 g/mol. The summed E-state index contributed by atoms with van der Waals surface area (Å²) < 4.78 is 56.8. The van der Waals surface area contributed by atoms with Gasteiger partial charge in [0.25, 0.3) is 0 Å². The van der Waals surface area contributed by atoms with Gasteiger partial charge >= 0.3 is 0 Å². The third-order valence-electron chi connectivity index (χ3n) is 3.91. The molecule has 0 aliphatic heterocycles. The van der Waals surface area contributed by atoms with Gasteiger partial charge in [0.15, 0.2) is 9.84 Å². The van der Waals surface area contributed by atoms with Crippen LogP contribution in [0.5, 0.6) is 5.75 Å². The molecule has 0 unspecified atom stereocenters. The summed E-state index contributed by atoms with van der Waals surface area (Å²) in [6.07, 6.45) is 1.04. The van der Waals surface area contributed by atoms with Gasteiger partial charge in [-0.15, -0.1) is 0 Å². The first-order chi connectivity index (χ1) is 12.1. The zero-order valence-corrected chi connectivity index (χ0v) is 16.8. The molecule has 0 spiro atoms. The van der Waals surface area contributed by atoms with Crippen LogP contribution in [0.4, 0.5) is 0 Å². The summed E-state index contributed by atoms with van der Waals surface area (Å²) in [6.45, 7) is 3.72. The highest BCUT2D eigenvalue weighted by atomic mass is 32.2. The van der Waals surface area contributed by atoms with Crippen molar-refractivity contribution in [2.45, 2.75) is 36.2 Å². The van der Waals surface area contributed by atoms with Gasteiger partial charge in [0, 0.05) is 18.8 Å². The number of rotatable bonds is 7. The molecule has 0 fully saturated rings. The highest BCUT2D eigenvalue weighted by Gasteiger charge is 2.31. The average Bonchev–Trinajstić information content (AvgIpc) is 2.58. The average molecular weight is 398 g/mol. The van der Waals surface area contributed by atoms with Crippen LogP contribution in [0.15, 0.2) is 58.3 Å². The Bertz CT molecular complexity index is 968. The lowest BCUT2D eigenvalue weighted by Gasteiger charge is -2.27. The molecule has 0 aliphatic rings. The van der Waals surface area contributed by atoms with E-state index in [2.05, 4.69) is 0 Å². The molecule has 0 N–H and O–H groups in total. The Balaban J connectivity index is 2.59. The zero-order valence-electron chi connectivity index (χ0n) is 15.2. The van der Waals surface area contributed by atoms with Crippen molar-refractivity contribution < 1.29 is 21.6 Å². The van der Waals surface area contributed by atoms with Crippen LogP contribution in [-0.4, -0.2) is 40.5 Å². The Morgan fingerprint density at radius 2 is 1.62 bits per heavy atom. The molecule has 0 heterocycles. The molecule has 0 aromatic heterocycles. The van der Waals surface area contributed by atoms with Crippen LogP contribution in [0.3, 0.4) is 0 Å². The molecule has 0 amide bonds. The van der Waals surface area contributed by atoms with Gasteiger partial charge in [-0.25, -0.2) is 16.8 Å². The fourth-order valence-electron chi connectivity index (χ4n) is 2.52. The van der Waals surface area contributed by atoms with Crippen LogP contribution in [0.25, 0.3) is 0 Å². The second-order valence-corrected chi connectivity index (χ2v) is 10.1. The van der Waals surface area contributed by atoms with Crippen LogP contribution in [-0.2, 0) is 26.4 Å². The van der Waals surface area contributed by atoms with Gasteiger partial charge in [0.2, 0.25) is 10.0 Å². The maximum absolute atomic E-state index is 13.3. The lowest BCUT2D eigenvalue weighted by Crippen LogP contribution is -2.36. The van der Waals surface area contributed by atoms with Crippen molar-refractivity contribution in [2.75, 3.05) is 13.4 Å². The minimum absolute atomic E-state index is 0.0692. The van der Waals surface area contributed by atoms with Crippen molar-refractivity contribution >= 4 is 19.9 Å². The summed E-state index contributed by atoms with van der Waals surface area (Å²) in [5.74, 6) is 0.108. The van der Waals surface area contributed by atoms with Gasteiger partial charge in [-0.2, -0.15) is 4.31 Å². The molecule has 0 saturated carbocycles. The first-order valence-corrected chi connectivity index (χ1v) is 11.3. The number of benzene rings is 2. The largest absolute Gasteiger partial charge is 0.495 e. The number of sulfonamides is 1. The van der Waals surface area contributed by atoms with Gasteiger partial charge in [-0.05, 0) is 37.6 Å². The summed E-state index contributed by atoms with van der Waals surface area (Å²) in [7, 11) is -6.18. The van der Waals surface area contributed by atoms with Gasteiger partial charge < -0.3 is 4.74 Å². The Hall–Kier alpha value is -1.90. The number of ether oxygens (including phenoxy) is 1. The van der Waals surface area contributed by atoms with Crippen molar-refractivity contribution in [3.8, 4) is 5.75 Å². The van der Waals surface area contributed by atoms with E-state index in [1.165, 1.54) is 23.5 Å². The SMILES string of the molecule is COc1ccc(S(C)(=O)=O)cc1S(=O)(=O)N(Cc1ccccc1)C(C)C. The summed E-state index contributed by atoms with van der Waals surface area (Å²) in [5, 5.41) is 0. The predicted octanol–water partition coefficient (Wildman–Crippen LogP) is 2.70. The fraction of sp³-hybridized carbons (Fsp3) is 0.333. The third kappa shape index (κ3) is 4.44.